The van der Waals surface area contributed by atoms with E-state index in [2.05, 4.69) is 0 Å². The second kappa shape index (κ2) is 5.41. The number of hydrogen-bond donors (Lipinski definition) is 0. The fraction of sp³-hybridized carbons (Fsp3) is 0.438. The van der Waals surface area contributed by atoms with Crippen molar-refractivity contribution in [1.82, 2.24) is 4.90 Å². The summed E-state index contributed by atoms with van der Waals surface area (Å²) >= 11 is 0. The Hall–Kier alpha value is -2.01. The number of imide groups is 1. The minimum Gasteiger partial charge on any atom is -0.381 e. The number of carbonyl (C=O) groups is 3. The first-order valence-corrected chi connectivity index (χ1v) is 7.14. The molecule has 1 fully saturated rings. The Morgan fingerprint density at radius 1 is 1.33 bits per heavy atom. The lowest BCUT2D eigenvalue weighted by atomic mass is 9.89. The van der Waals surface area contributed by atoms with Crippen molar-refractivity contribution in [1.29, 1.82) is 0 Å². The van der Waals surface area contributed by atoms with Crippen molar-refractivity contribution in [3.8, 4) is 0 Å². The number of carbonyl (C=O) groups excluding carboxylic acids is 3. The smallest absolute Gasteiger partial charge is 0.261 e. The Labute approximate surface area is 122 Å². The third-order valence-corrected chi connectivity index (χ3v) is 4.24. The van der Waals surface area contributed by atoms with Gasteiger partial charge in [-0.25, -0.2) is 0 Å². The predicted octanol–water partition coefficient (Wildman–Crippen LogP) is 1.38. The highest BCUT2D eigenvalue weighted by Gasteiger charge is 2.38. The number of Topliss-reactive ketones (excluding diaryl/α,β-unsaturated/α-hetero) is 1. The quantitative estimate of drug-likeness (QED) is 0.788. The lowest BCUT2D eigenvalue weighted by molar-refractivity contribution is -0.135. The van der Waals surface area contributed by atoms with Crippen LogP contribution >= 0.6 is 0 Å². The molecule has 5 heteroatoms. The zero-order chi connectivity index (χ0) is 15.0. The summed E-state index contributed by atoms with van der Waals surface area (Å²) in [7, 11) is 0. The van der Waals surface area contributed by atoms with Crippen LogP contribution in [0.3, 0.4) is 0 Å². The van der Waals surface area contributed by atoms with Gasteiger partial charge in [-0.15, -0.1) is 0 Å². The zero-order valence-electron chi connectivity index (χ0n) is 11.9. The fourth-order valence-electron chi connectivity index (χ4n) is 2.90. The third kappa shape index (κ3) is 2.38. The van der Waals surface area contributed by atoms with Crippen LogP contribution in [-0.2, 0) is 14.3 Å². The largest absolute Gasteiger partial charge is 0.381 e. The molecule has 2 unspecified atom stereocenters. The van der Waals surface area contributed by atoms with Gasteiger partial charge in [-0.05, 0) is 25.0 Å². The van der Waals surface area contributed by atoms with E-state index in [1.807, 2.05) is 6.07 Å². The Bertz CT molecular complexity index is 604. The van der Waals surface area contributed by atoms with Crippen LogP contribution < -0.4 is 0 Å². The van der Waals surface area contributed by atoms with E-state index in [-0.39, 0.29) is 30.1 Å². The summed E-state index contributed by atoms with van der Waals surface area (Å²) in [6.07, 6.45) is 0.668. The van der Waals surface area contributed by atoms with Crippen LogP contribution in [0.1, 0.15) is 35.2 Å². The molecular weight excluding hydrogens is 270 g/mol. The average Bonchev–Trinajstić information content (AvgIpc) is 3.03. The standard InChI is InChI=1S/C16H17NO4/c1-10-12-4-2-3-5-13(12)16(20)17(15(10)19)8-14(18)11-6-7-21-9-11/h2-5,10-11H,6-9H2,1H3. The van der Waals surface area contributed by atoms with Gasteiger partial charge in [0.15, 0.2) is 5.78 Å². The lowest BCUT2D eigenvalue weighted by Gasteiger charge is -2.30. The average molecular weight is 287 g/mol. The Morgan fingerprint density at radius 2 is 2.10 bits per heavy atom. The van der Waals surface area contributed by atoms with Gasteiger partial charge in [0.05, 0.1) is 19.1 Å². The van der Waals surface area contributed by atoms with Crippen LogP contribution in [0.25, 0.3) is 0 Å². The van der Waals surface area contributed by atoms with E-state index in [4.69, 9.17) is 4.74 Å². The molecule has 2 heterocycles. The molecule has 1 aromatic carbocycles. The van der Waals surface area contributed by atoms with Crippen molar-refractivity contribution in [3.63, 3.8) is 0 Å². The van der Waals surface area contributed by atoms with Gasteiger partial charge in [0, 0.05) is 18.1 Å². The van der Waals surface area contributed by atoms with Gasteiger partial charge >= 0.3 is 0 Å². The summed E-state index contributed by atoms with van der Waals surface area (Å²) in [6, 6.07) is 7.08. The zero-order valence-corrected chi connectivity index (χ0v) is 11.9. The molecule has 21 heavy (non-hydrogen) atoms. The summed E-state index contributed by atoms with van der Waals surface area (Å²) in [4.78, 5) is 38.1. The van der Waals surface area contributed by atoms with Crippen LogP contribution in [0.15, 0.2) is 24.3 Å². The molecule has 0 N–H and O–H groups in total. The molecule has 1 aromatic rings. The van der Waals surface area contributed by atoms with E-state index in [0.717, 1.165) is 10.5 Å². The number of amides is 2. The van der Waals surface area contributed by atoms with Crippen molar-refractivity contribution in [2.75, 3.05) is 19.8 Å². The molecule has 0 aliphatic carbocycles. The molecule has 2 amide bonds. The molecule has 0 bridgehead atoms. The third-order valence-electron chi connectivity index (χ3n) is 4.24. The number of ketones is 1. The first kappa shape index (κ1) is 13.9. The summed E-state index contributed by atoms with van der Waals surface area (Å²) in [5.41, 5.74) is 1.25. The maximum Gasteiger partial charge on any atom is 0.261 e. The van der Waals surface area contributed by atoms with E-state index in [9.17, 15) is 14.4 Å². The summed E-state index contributed by atoms with van der Waals surface area (Å²) < 4.78 is 5.19. The fourth-order valence-corrected chi connectivity index (χ4v) is 2.90. The van der Waals surface area contributed by atoms with Gasteiger partial charge < -0.3 is 4.74 Å². The van der Waals surface area contributed by atoms with Crippen LogP contribution in [0.5, 0.6) is 0 Å². The van der Waals surface area contributed by atoms with Crippen LogP contribution in [0.2, 0.25) is 0 Å². The van der Waals surface area contributed by atoms with Gasteiger partial charge in [0.25, 0.3) is 5.91 Å². The number of fused-ring (bicyclic) bond motifs is 1. The molecule has 2 aliphatic heterocycles. The van der Waals surface area contributed by atoms with Crippen molar-refractivity contribution in [3.05, 3.63) is 35.4 Å². The number of rotatable bonds is 3. The van der Waals surface area contributed by atoms with Gasteiger partial charge in [-0.3, -0.25) is 19.3 Å². The first-order chi connectivity index (χ1) is 10.1. The van der Waals surface area contributed by atoms with Gasteiger partial charge in [-0.1, -0.05) is 18.2 Å². The molecule has 5 nitrogen and oxygen atoms in total. The van der Waals surface area contributed by atoms with E-state index in [1.54, 1.807) is 25.1 Å². The van der Waals surface area contributed by atoms with E-state index >= 15 is 0 Å². The van der Waals surface area contributed by atoms with Crippen LogP contribution in [0.4, 0.5) is 0 Å². The number of hydrogen-bond acceptors (Lipinski definition) is 4. The number of ether oxygens (including phenoxy) is 1. The van der Waals surface area contributed by atoms with Crippen molar-refractivity contribution in [2.24, 2.45) is 5.92 Å². The molecule has 110 valence electrons. The summed E-state index contributed by atoms with van der Waals surface area (Å²) in [5, 5.41) is 0. The molecule has 0 spiro atoms. The molecule has 0 radical (unpaired) electrons. The molecular formula is C16H17NO4. The molecule has 2 aliphatic rings. The van der Waals surface area contributed by atoms with Crippen LogP contribution in [0, 0.1) is 5.92 Å². The summed E-state index contributed by atoms with van der Waals surface area (Å²) in [6.45, 7) is 2.58. The van der Waals surface area contributed by atoms with E-state index < -0.39 is 5.92 Å². The maximum absolute atomic E-state index is 12.4. The topological polar surface area (TPSA) is 63.7 Å². The maximum atomic E-state index is 12.4. The van der Waals surface area contributed by atoms with Crippen molar-refractivity contribution < 1.29 is 19.1 Å². The molecule has 0 aromatic heterocycles. The van der Waals surface area contributed by atoms with Crippen LogP contribution in [-0.4, -0.2) is 42.3 Å². The summed E-state index contributed by atoms with van der Waals surface area (Å²) in [5.74, 6) is -1.36. The minimum absolute atomic E-state index is 0.0965. The highest BCUT2D eigenvalue weighted by Crippen LogP contribution is 2.29. The first-order valence-electron chi connectivity index (χ1n) is 7.14. The number of benzene rings is 1. The van der Waals surface area contributed by atoms with Crippen molar-refractivity contribution in [2.45, 2.75) is 19.3 Å². The monoisotopic (exact) mass is 287 g/mol. The SMILES string of the molecule is CC1C(=O)N(CC(=O)C2CCOC2)C(=O)c2ccccc21. The molecule has 2 atom stereocenters. The highest BCUT2D eigenvalue weighted by molar-refractivity contribution is 6.13. The molecule has 0 saturated carbocycles. The Kier molecular flexibility index (Phi) is 3.59. The Balaban J connectivity index is 1.84. The van der Waals surface area contributed by atoms with E-state index in [0.29, 0.717) is 25.2 Å². The van der Waals surface area contributed by atoms with Gasteiger partial charge in [0.1, 0.15) is 0 Å². The number of nitrogens with zero attached hydrogens (tertiary/aromatic N) is 1. The second-order valence-corrected chi connectivity index (χ2v) is 5.57. The van der Waals surface area contributed by atoms with Gasteiger partial charge in [0.2, 0.25) is 5.91 Å². The lowest BCUT2D eigenvalue weighted by Crippen LogP contribution is -2.47. The van der Waals surface area contributed by atoms with E-state index in [1.165, 1.54) is 0 Å². The van der Waals surface area contributed by atoms with Crippen molar-refractivity contribution >= 4 is 17.6 Å². The Morgan fingerprint density at radius 3 is 2.81 bits per heavy atom. The second-order valence-electron chi connectivity index (χ2n) is 5.57. The minimum atomic E-state index is -0.397. The molecule has 1 saturated heterocycles. The van der Waals surface area contributed by atoms with Gasteiger partial charge in [-0.2, -0.15) is 0 Å². The molecule has 3 rings (SSSR count). The normalized spacial score (nSPS) is 25.1. The predicted molar refractivity (Wildman–Crippen MR) is 74.8 cm³/mol. The highest BCUT2D eigenvalue weighted by atomic mass is 16.5.